The summed E-state index contributed by atoms with van der Waals surface area (Å²) in [5, 5.41) is 1.53. The summed E-state index contributed by atoms with van der Waals surface area (Å²) >= 11 is -0.244. The van der Waals surface area contributed by atoms with Gasteiger partial charge in [-0.3, -0.25) is 0 Å². The van der Waals surface area contributed by atoms with Crippen LogP contribution < -0.4 is 0 Å². The Morgan fingerprint density at radius 3 is 1.73 bits per heavy atom. The van der Waals surface area contributed by atoms with Crippen molar-refractivity contribution in [1.82, 2.24) is 0 Å². The molecule has 0 spiro atoms. The Balaban J connectivity index is 2.83. The van der Waals surface area contributed by atoms with Crippen LogP contribution in [0, 0.1) is 0 Å². The van der Waals surface area contributed by atoms with Crippen LogP contribution in [0.2, 0.25) is 5.02 Å². The van der Waals surface area contributed by atoms with Gasteiger partial charge < -0.3 is 0 Å². The van der Waals surface area contributed by atoms with E-state index in [2.05, 4.69) is 18.2 Å². The summed E-state index contributed by atoms with van der Waals surface area (Å²) < 4.78 is 2.22. The van der Waals surface area contributed by atoms with Gasteiger partial charge in [0.05, 0.1) is 0 Å². The van der Waals surface area contributed by atoms with Crippen LogP contribution in [0.3, 0.4) is 0 Å². The Kier molecular flexibility index (Phi) is 14.7. The molecule has 0 heterocycles. The third kappa shape index (κ3) is 14.4. The van der Waals surface area contributed by atoms with Crippen molar-refractivity contribution in [3.05, 3.63) is 11.2 Å². The second kappa shape index (κ2) is 14.4. The fourth-order valence-electron chi connectivity index (χ4n) is 1.95. The van der Waals surface area contributed by atoms with E-state index in [1.54, 1.807) is 0 Å². The Labute approximate surface area is 105 Å². The average Bonchev–Trinajstić information content (AvgIpc) is 2.26. The molecule has 1 heteroatoms. The van der Waals surface area contributed by atoms with Crippen molar-refractivity contribution in [1.29, 1.82) is 0 Å². The summed E-state index contributed by atoms with van der Waals surface area (Å²) in [6.45, 7) is 6.11. The molecule has 0 N–H and O–H groups in total. The summed E-state index contributed by atoms with van der Waals surface area (Å²) in [6, 6.07) is 0. The first-order chi connectivity index (χ1) is 7.41. The minimum atomic E-state index is -0.244. The Hall–Kier alpha value is 0.363. The topological polar surface area (TPSA) is 0 Å². The fourth-order valence-corrected chi connectivity index (χ4v) is 3.91. The zero-order chi connectivity index (χ0) is 11.2. The molecule has 0 rings (SSSR count). The van der Waals surface area contributed by atoms with E-state index in [1.807, 2.05) is 0 Å². The van der Waals surface area contributed by atoms with Gasteiger partial charge in [0, 0.05) is 0 Å². The predicted molar refractivity (Wildman–Crippen MR) is 66.8 cm³/mol. The number of hydrogen-bond acceptors (Lipinski definition) is 0. The van der Waals surface area contributed by atoms with Crippen molar-refractivity contribution in [2.45, 2.75) is 76.1 Å². The Morgan fingerprint density at radius 2 is 1.27 bits per heavy atom. The molecule has 0 nitrogen and oxygen atoms in total. The van der Waals surface area contributed by atoms with Crippen LogP contribution in [-0.4, -0.2) is 0 Å². The molecule has 0 aliphatic carbocycles. The van der Waals surface area contributed by atoms with Gasteiger partial charge in [-0.1, -0.05) is 0 Å². The molecule has 15 heavy (non-hydrogen) atoms. The standard InChI is InChI=1S/C12H25.C2H3.Zn/c1-3-5-7-9-11-12-10-8-6-4-2;1-2;/h1,3-12H2,2H3;1H,2H2;. The van der Waals surface area contributed by atoms with Crippen LogP contribution in [0.25, 0.3) is 0 Å². The molecule has 0 atom stereocenters. The van der Waals surface area contributed by atoms with Crippen molar-refractivity contribution >= 4 is 0 Å². The van der Waals surface area contributed by atoms with E-state index in [4.69, 9.17) is 0 Å². The molecule has 0 aromatic heterocycles. The average molecular weight is 262 g/mol. The van der Waals surface area contributed by atoms with Crippen LogP contribution >= 0.6 is 0 Å². The molecule has 0 aliphatic rings. The molecule has 0 aromatic rings. The van der Waals surface area contributed by atoms with E-state index in [1.165, 1.54) is 69.2 Å². The molecule has 0 fully saturated rings. The van der Waals surface area contributed by atoms with Crippen molar-refractivity contribution in [3.8, 4) is 0 Å². The molecule has 0 amide bonds. The second-order valence-electron chi connectivity index (χ2n) is 4.61. The van der Waals surface area contributed by atoms with Gasteiger partial charge in [0.25, 0.3) is 0 Å². The fraction of sp³-hybridized carbons (Fsp3) is 0.857. The maximum atomic E-state index is 3.83. The van der Waals surface area contributed by atoms with E-state index in [-0.39, 0.29) is 17.1 Å². The summed E-state index contributed by atoms with van der Waals surface area (Å²) in [6.07, 6.45) is 14.6. The van der Waals surface area contributed by atoms with Gasteiger partial charge in [0.2, 0.25) is 0 Å². The molecular weight excluding hydrogens is 234 g/mol. The second-order valence-corrected chi connectivity index (χ2v) is 8.52. The van der Waals surface area contributed by atoms with Crippen molar-refractivity contribution in [2.75, 3.05) is 0 Å². The van der Waals surface area contributed by atoms with E-state index in [0.29, 0.717) is 0 Å². The molecule has 0 bridgehead atoms. The third-order valence-electron chi connectivity index (χ3n) is 3.01. The van der Waals surface area contributed by atoms with E-state index >= 15 is 0 Å². The third-order valence-corrected chi connectivity index (χ3v) is 5.77. The molecule has 0 saturated heterocycles. The quantitative estimate of drug-likeness (QED) is 0.319. The molecule has 0 radical (unpaired) electrons. The molecule has 0 aromatic carbocycles. The van der Waals surface area contributed by atoms with Crippen LogP contribution in [-0.2, 0) is 17.1 Å². The van der Waals surface area contributed by atoms with Crippen LogP contribution in [0.15, 0.2) is 11.2 Å². The monoisotopic (exact) mass is 260 g/mol. The molecule has 0 aliphatic heterocycles. The van der Waals surface area contributed by atoms with Gasteiger partial charge >= 0.3 is 105 Å². The molecule has 0 unspecified atom stereocenters. The van der Waals surface area contributed by atoms with Gasteiger partial charge in [-0.05, 0) is 0 Å². The van der Waals surface area contributed by atoms with Gasteiger partial charge in [0.15, 0.2) is 0 Å². The Morgan fingerprint density at radius 1 is 0.800 bits per heavy atom. The zero-order valence-corrected chi connectivity index (χ0v) is 13.7. The number of rotatable bonds is 12. The van der Waals surface area contributed by atoms with Crippen molar-refractivity contribution in [2.24, 2.45) is 0 Å². The van der Waals surface area contributed by atoms with Crippen LogP contribution in [0.4, 0.5) is 0 Å². The Bertz CT molecular complexity index is 121. The summed E-state index contributed by atoms with van der Waals surface area (Å²) in [5.41, 5.74) is 0. The van der Waals surface area contributed by atoms with E-state index in [0.717, 1.165) is 0 Å². The van der Waals surface area contributed by atoms with Crippen molar-refractivity contribution in [3.63, 3.8) is 0 Å². The molecular formula is C14H28Zn. The first kappa shape index (κ1) is 15.4. The maximum absolute atomic E-state index is 3.83. The molecule has 86 valence electrons. The van der Waals surface area contributed by atoms with Crippen molar-refractivity contribution < 1.29 is 17.1 Å². The zero-order valence-electron chi connectivity index (χ0n) is 10.8. The van der Waals surface area contributed by atoms with Crippen LogP contribution in [0.5, 0.6) is 0 Å². The summed E-state index contributed by atoms with van der Waals surface area (Å²) in [5.74, 6) is 0. The number of unbranched alkanes of at least 4 members (excludes halogenated alkanes) is 9. The van der Waals surface area contributed by atoms with Gasteiger partial charge in [-0.25, -0.2) is 0 Å². The minimum absolute atomic E-state index is 0.244. The van der Waals surface area contributed by atoms with E-state index < -0.39 is 0 Å². The molecule has 0 saturated carbocycles. The first-order valence-electron chi connectivity index (χ1n) is 7.02. The normalized spacial score (nSPS) is 9.93. The van der Waals surface area contributed by atoms with Gasteiger partial charge in [-0.15, -0.1) is 0 Å². The predicted octanol–water partition coefficient (Wildman–Crippen LogP) is 5.55. The van der Waals surface area contributed by atoms with Crippen LogP contribution in [0.1, 0.15) is 71.1 Å². The summed E-state index contributed by atoms with van der Waals surface area (Å²) in [4.78, 5) is 0. The van der Waals surface area contributed by atoms with E-state index in [9.17, 15) is 0 Å². The number of hydrogen-bond donors (Lipinski definition) is 0. The summed E-state index contributed by atoms with van der Waals surface area (Å²) in [7, 11) is 0. The van der Waals surface area contributed by atoms with Gasteiger partial charge in [-0.2, -0.15) is 0 Å². The first-order valence-corrected chi connectivity index (χ1v) is 10.8. The van der Waals surface area contributed by atoms with Gasteiger partial charge in [0.1, 0.15) is 0 Å². The SMILES string of the molecule is C=[CH][Zn][CH2]CCCCCCCCCCC.